The number of amides is 1. The number of hydrogen-bond acceptors (Lipinski definition) is 4. The number of carbonyl (C=O) groups is 1. The van der Waals surface area contributed by atoms with Crippen LogP contribution in [0.3, 0.4) is 0 Å². The second-order valence-corrected chi connectivity index (χ2v) is 7.96. The molecule has 134 valence electrons. The van der Waals surface area contributed by atoms with E-state index in [-0.39, 0.29) is 11.7 Å². The predicted molar refractivity (Wildman–Crippen MR) is 105 cm³/mol. The van der Waals surface area contributed by atoms with Crippen LogP contribution in [-0.2, 0) is 17.6 Å². The largest absolute Gasteiger partial charge is 0.325 e. The number of pyridine rings is 1. The highest BCUT2D eigenvalue weighted by Gasteiger charge is 2.20. The third kappa shape index (κ3) is 4.08. The number of aryl methyl sites for hydroxylation is 2. The highest BCUT2D eigenvalue weighted by Crippen LogP contribution is 2.29. The molecule has 0 bridgehead atoms. The quantitative estimate of drug-likeness (QED) is 0.814. The van der Waals surface area contributed by atoms with E-state index in [2.05, 4.69) is 23.3 Å². The van der Waals surface area contributed by atoms with Crippen molar-refractivity contribution in [1.82, 2.24) is 4.98 Å². The van der Waals surface area contributed by atoms with Gasteiger partial charge in [-0.1, -0.05) is 30.8 Å². The van der Waals surface area contributed by atoms with E-state index in [0.29, 0.717) is 16.5 Å². The smallest absolute Gasteiger partial charge is 0.234 e. The van der Waals surface area contributed by atoms with Crippen LogP contribution >= 0.6 is 11.8 Å². The fourth-order valence-corrected chi connectivity index (χ4v) is 4.00. The van der Waals surface area contributed by atoms with Crippen molar-refractivity contribution in [2.45, 2.75) is 45.1 Å². The number of nitriles is 1. The van der Waals surface area contributed by atoms with Crippen molar-refractivity contribution in [3.05, 3.63) is 52.2 Å². The molecule has 1 N–H and O–H groups in total. The number of aromatic nitrogens is 1. The van der Waals surface area contributed by atoms with E-state index in [4.69, 9.17) is 0 Å². The first-order valence-electron chi connectivity index (χ1n) is 8.89. The molecule has 1 atom stereocenters. The summed E-state index contributed by atoms with van der Waals surface area (Å²) >= 11 is 1.34. The fraction of sp³-hybridized carbons (Fsp3) is 0.381. The zero-order valence-electron chi connectivity index (χ0n) is 15.4. The Hall–Kier alpha value is -2.32. The normalized spacial score (nSPS) is 15.8. The van der Waals surface area contributed by atoms with E-state index in [1.165, 1.54) is 17.3 Å². The maximum atomic E-state index is 12.3. The van der Waals surface area contributed by atoms with Gasteiger partial charge in [-0.2, -0.15) is 5.26 Å². The molecule has 2 aromatic rings. The van der Waals surface area contributed by atoms with Crippen LogP contribution in [0.5, 0.6) is 0 Å². The van der Waals surface area contributed by atoms with E-state index in [9.17, 15) is 10.1 Å². The number of benzene rings is 1. The zero-order valence-corrected chi connectivity index (χ0v) is 16.2. The molecule has 26 heavy (non-hydrogen) atoms. The Labute approximate surface area is 159 Å². The molecule has 0 saturated carbocycles. The number of nitrogens with one attached hydrogen (secondary N) is 1. The summed E-state index contributed by atoms with van der Waals surface area (Å²) in [4.78, 5) is 17.0. The van der Waals surface area contributed by atoms with Gasteiger partial charge in [0.1, 0.15) is 11.1 Å². The van der Waals surface area contributed by atoms with Crippen molar-refractivity contribution >= 4 is 23.4 Å². The van der Waals surface area contributed by atoms with Gasteiger partial charge in [0.25, 0.3) is 0 Å². The van der Waals surface area contributed by atoms with Crippen molar-refractivity contribution in [2.75, 3.05) is 11.1 Å². The van der Waals surface area contributed by atoms with Crippen molar-refractivity contribution < 1.29 is 4.79 Å². The summed E-state index contributed by atoms with van der Waals surface area (Å²) in [5.74, 6) is 0.794. The minimum atomic E-state index is -0.0827. The number of rotatable bonds is 4. The molecule has 5 heteroatoms. The number of hydrogen-bond donors (Lipinski definition) is 1. The lowest BCUT2D eigenvalue weighted by atomic mass is 9.87. The molecule has 4 nitrogen and oxygen atoms in total. The van der Waals surface area contributed by atoms with E-state index in [1.807, 2.05) is 38.1 Å². The average molecular weight is 366 g/mol. The molecule has 1 aliphatic carbocycles. The molecular weight excluding hydrogens is 342 g/mol. The van der Waals surface area contributed by atoms with Gasteiger partial charge in [-0.3, -0.25) is 4.79 Å². The maximum Gasteiger partial charge on any atom is 0.234 e. The molecule has 0 aliphatic heterocycles. The van der Waals surface area contributed by atoms with Crippen LogP contribution < -0.4 is 5.32 Å². The van der Waals surface area contributed by atoms with Gasteiger partial charge >= 0.3 is 0 Å². The Kier molecular flexibility index (Phi) is 5.63. The second-order valence-electron chi connectivity index (χ2n) is 6.99. The molecule has 0 saturated heterocycles. The third-order valence-corrected chi connectivity index (χ3v) is 5.93. The summed E-state index contributed by atoms with van der Waals surface area (Å²) in [6.07, 6.45) is 3.06. The molecular formula is C21H23N3OS. The van der Waals surface area contributed by atoms with Crippen LogP contribution in [0.4, 0.5) is 5.69 Å². The van der Waals surface area contributed by atoms with Crippen LogP contribution in [0.15, 0.2) is 29.3 Å². The van der Waals surface area contributed by atoms with Gasteiger partial charge in [0.2, 0.25) is 5.91 Å². The predicted octanol–water partition coefficient (Wildman–Crippen LogP) is 4.43. The first-order chi connectivity index (χ1) is 12.5. The monoisotopic (exact) mass is 365 g/mol. The van der Waals surface area contributed by atoms with Crippen LogP contribution in [0, 0.1) is 31.1 Å². The van der Waals surface area contributed by atoms with Gasteiger partial charge in [-0.05, 0) is 67.9 Å². The first kappa shape index (κ1) is 18.5. The van der Waals surface area contributed by atoms with E-state index in [1.54, 1.807) is 0 Å². The van der Waals surface area contributed by atoms with Crippen LogP contribution in [0.1, 0.15) is 41.3 Å². The third-order valence-electron chi connectivity index (χ3n) is 4.94. The molecule has 1 heterocycles. The minimum Gasteiger partial charge on any atom is -0.325 e. The fourth-order valence-electron chi connectivity index (χ4n) is 3.22. The number of fused-ring (bicyclic) bond motifs is 1. The van der Waals surface area contributed by atoms with Crippen molar-refractivity contribution in [1.29, 1.82) is 5.26 Å². The Morgan fingerprint density at radius 2 is 2.23 bits per heavy atom. The van der Waals surface area contributed by atoms with E-state index in [0.717, 1.165) is 41.8 Å². The summed E-state index contributed by atoms with van der Waals surface area (Å²) < 4.78 is 0. The highest BCUT2D eigenvalue weighted by molar-refractivity contribution is 8.00. The lowest BCUT2D eigenvalue weighted by molar-refractivity contribution is -0.113. The molecule has 1 aromatic carbocycles. The molecule has 3 rings (SSSR count). The van der Waals surface area contributed by atoms with Gasteiger partial charge in [0.15, 0.2) is 0 Å². The summed E-state index contributed by atoms with van der Waals surface area (Å²) in [5.41, 5.74) is 5.90. The number of nitrogens with zero attached hydrogens (tertiary/aromatic N) is 2. The molecule has 0 spiro atoms. The van der Waals surface area contributed by atoms with Gasteiger partial charge in [0, 0.05) is 11.4 Å². The van der Waals surface area contributed by atoms with Crippen LogP contribution in [-0.4, -0.2) is 16.6 Å². The molecule has 0 fully saturated rings. The van der Waals surface area contributed by atoms with Crippen LogP contribution in [0.2, 0.25) is 0 Å². The summed E-state index contributed by atoms with van der Waals surface area (Å²) in [5, 5.41) is 13.1. The van der Waals surface area contributed by atoms with E-state index < -0.39 is 0 Å². The Morgan fingerprint density at radius 3 is 3.00 bits per heavy atom. The molecule has 1 unspecified atom stereocenters. The molecule has 1 aliphatic rings. The number of anilines is 1. The van der Waals surface area contributed by atoms with Crippen molar-refractivity contribution in [3.63, 3.8) is 0 Å². The van der Waals surface area contributed by atoms with Crippen molar-refractivity contribution in [3.8, 4) is 6.07 Å². The first-order valence-corrected chi connectivity index (χ1v) is 9.88. The summed E-state index contributed by atoms with van der Waals surface area (Å²) in [6, 6.07) is 10.1. The zero-order chi connectivity index (χ0) is 18.7. The highest BCUT2D eigenvalue weighted by atomic mass is 32.2. The van der Waals surface area contributed by atoms with Gasteiger partial charge < -0.3 is 5.32 Å². The minimum absolute atomic E-state index is 0.0827. The molecule has 1 aromatic heterocycles. The lowest BCUT2D eigenvalue weighted by Crippen LogP contribution is -2.16. The summed E-state index contributed by atoms with van der Waals surface area (Å²) in [7, 11) is 0. The maximum absolute atomic E-state index is 12.3. The standard InChI is InChI=1S/C21H23N3OS/c1-13-7-8-19-16(9-13)10-17(11-22)21(24-19)26-12-20(25)23-18-6-4-5-14(2)15(18)3/h4-6,10,13H,7-9,12H2,1-3H3,(H,23,25). The van der Waals surface area contributed by atoms with Crippen LogP contribution in [0.25, 0.3) is 0 Å². The second kappa shape index (κ2) is 7.92. The summed E-state index contributed by atoms with van der Waals surface area (Å²) in [6.45, 7) is 6.25. The molecule has 0 radical (unpaired) electrons. The van der Waals surface area contributed by atoms with Gasteiger partial charge in [-0.25, -0.2) is 4.98 Å². The molecule has 1 amide bonds. The van der Waals surface area contributed by atoms with Gasteiger partial charge in [-0.15, -0.1) is 0 Å². The average Bonchev–Trinajstić information content (AvgIpc) is 2.63. The van der Waals surface area contributed by atoms with E-state index >= 15 is 0 Å². The van der Waals surface area contributed by atoms with Crippen molar-refractivity contribution in [2.24, 2.45) is 5.92 Å². The van der Waals surface area contributed by atoms with Gasteiger partial charge in [0.05, 0.1) is 11.3 Å². The SMILES string of the molecule is Cc1cccc(NC(=O)CSc2nc3c(cc2C#N)CC(C)CC3)c1C. The number of carbonyl (C=O) groups excluding carboxylic acids is 1. The Balaban J connectivity index is 1.70. The lowest BCUT2D eigenvalue weighted by Gasteiger charge is -2.21. The Bertz CT molecular complexity index is 886. The topological polar surface area (TPSA) is 65.8 Å². The number of thioether (sulfide) groups is 1. The Morgan fingerprint density at radius 1 is 1.42 bits per heavy atom.